The Kier molecular flexibility index (Phi) is 6.63. The number of rotatable bonds is 7. The maximum absolute atomic E-state index is 5.35. The van der Waals surface area contributed by atoms with E-state index in [0.29, 0.717) is 19.1 Å². The normalized spacial score (nSPS) is 10.3. The molecule has 0 bridgehead atoms. The number of hydrogen-bond acceptors (Lipinski definition) is 5. The minimum absolute atomic E-state index is 0.534. The van der Waals surface area contributed by atoms with E-state index in [0.717, 1.165) is 16.4 Å². The van der Waals surface area contributed by atoms with Gasteiger partial charge in [0.05, 0.1) is 6.61 Å². The summed E-state index contributed by atoms with van der Waals surface area (Å²) in [4.78, 5) is 5.32. The Morgan fingerprint density at radius 2 is 2.27 bits per heavy atom. The lowest BCUT2D eigenvalue weighted by Crippen LogP contribution is -2.05. The van der Waals surface area contributed by atoms with Crippen molar-refractivity contribution in [2.75, 3.05) is 31.8 Å². The summed E-state index contributed by atoms with van der Waals surface area (Å²) in [6.07, 6.45) is 1.82. The highest BCUT2D eigenvalue weighted by molar-refractivity contribution is 8.00. The molecule has 1 aromatic rings. The summed E-state index contributed by atoms with van der Waals surface area (Å²) in [6, 6.07) is 3.87. The zero-order chi connectivity index (χ0) is 10.9. The van der Waals surface area contributed by atoms with Crippen LogP contribution >= 0.6 is 24.4 Å². The van der Waals surface area contributed by atoms with Gasteiger partial charge in [0.15, 0.2) is 0 Å². The van der Waals surface area contributed by atoms with E-state index >= 15 is 0 Å². The lowest BCUT2D eigenvalue weighted by molar-refractivity contribution is 0.143. The van der Waals surface area contributed by atoms with E-state index in [4.69, 9.17) is 9.47 Å². The Balaban J connectivity index is 2.35. The van der Waals surface area contributed by atoms with E-state index in [-0.39, 0.29) is 0 Å². The highest BCUT2D eigenvalue weighted by atomic mass is 32.2. The summed E-state index contributed by atoms with van der Waals surface area (Å²) >= 11 is 5.89. The minimum atomic E-state index is 0.534. The van der Waals surface area contributed by atoms with Gasteiger partial charge >= 0.3 is 0 Å². The van der Waals surface area contributed by atoms with E-state index in [1.54, 1.807) is 18.9 Å². The van der Waals surface area contributed by atoms with Gasteiger partial charge < -0.3 is 9.47 Å². The second-order valence-electron chi connectivity index (χ2n) is 2.75. The maximum atomic E-state index is 5.35. The van der Waals surface area contributed by atoms with Crippen molar-refractivity contribution in [1.29, 1.82) is 0 Å². The first kappa shape index (κ1) is 12.7. The summed E-state index contributed by atoms with van der Waals surface area (Å²) in [6.45, 7) is 1.12. The molecule has 0 radical (unpaired) electrons. The van der Waals surface area contributed by atoms with E-state index in [1.807, 2.05) is 18.3 Å². The van der Waals surface area contributed by atoms with Crippen molar-refractivity contribution in [3.05, 3.63) is 18.3 Å². The summed E-state index contributed by atoms with van der Waals surface area (Å²) in [5.74, 6) is 2.51. The van der Waals surface area contributed by atoms with E-state index < -0.39 is 0 Å². The molecule has 1 rings (SSSR count). The van der Waals surface area contributed by atoms with E-state index in [2.05, 4.69) is 17.6 Å². The molecule has 0 saturated carbocycles. The molecule has 0 aromatic carbocycles. The summed E-state index contributed by atoms with van der Waals surface area (Å²) in [5.41, 5.74) is 0. The third-order valence-electron chi connectivity index (χ3n) is 1.61. The van der Waals surface area contributed by atoms with E-state index in [9.17, 15) is 0 Å². The number of ether oxygens (including phenoxy) is 2. The van der Waals surface area contributed by atoms with Gasteiger partial charge in [-0.25, -0.2) is 4.98 Å². The fourth-order valence-electron chi connectivity index (χ4n) is 0.931. The predicted molar refractivity (Wildman–Crippen MR) is 66.2 cm³/mol. The molecule has 0 saturated heterocycles. The van der Waals surface area contributed by atoms with Crippen molar-refractivity contribution in [2.45, 2.75) is 4.90 Å². The van der Waals surface area contributed by atoms with Gasteiger partial charge in [-0.15, -0.1) is 11.8 Å². The van der Waals surface area contributed by atoms with Crippen molar-refractivity contribution >= 4 is 24.4 Å². The highest BCUT2D eigenvalue weighted by Crippen LogP contribution is 2.18. The third kappa shape index (κ3) is 5.30. The first-order valence-corrected chi connectivity index (χ1v) is 6.30. The summed E-state index contributed by atoms with van der Waals surface area (Å²) in [7, 11) is 1.65. The molecule has 1 aromatic heterocycles. The average molecular weight is 245 g/mol. The van der Waals surface area contributed by atoms with Gasteiger partial charge in [0, 0.05) is 30.0 Å². The zero-order valence-electron chi connectivity index (χ0n) is 8.68. The van der Waals surface area contributed by atoms with Crippen LogP contribution in [0.3, 0.4) is 0 Å². The molecular weight excluding hydrogens is 230 g/mol. The lowest BCUT2D eigenvalue weighted by atomic mass is 10.5. The number of methoxy groups -OCH3 is 1. The number of nitrogens with zero attached hydrogens (tertiary/aromatic N) is 1. The van der Waals surface area contributed by atoms with Gasteiger partial charge in [0.1, 0.15) is 6.61 Å². The molecule has 0 fully saturated rings. The van der Waals surface area contributed by atoms with Crippen LogP contribution in [-0.2, 0) is 4.74 Å². The molecule has 0 amide bonds. The Hall–Kier alpha value is -0.390. The largest absolute Gasteiger partial charge is 0.475 e. The summed E-state index contributed by atoms with van der Waals surface area (Å²) < 4.78 is 10.2. The molecule has 15 heavy (non-hydrogen) atoms. The fraction of sp³-hybridized carbons (Fsp3) is 0.500. The van der Waals surface area contributed by atoms with Crippen LogP contribution < -0.4 is 4.74 Å². The van der Waals surface area contributed by atoms with Crippen LogP contribution in [-0.4, -0.2) is 36.8 Å². The fourth-order valence-corrected chi connectivity index (χ4v) is 1.82. The van der Waals surface area contributed by atoms with Crippen molar-refractivity contribution in [1.82, 2.24) is 4.98 Å². The first-order chi connectivity index (χ1) is 7.36. The van der Waals surface area contributed by atoms with Crippen molar-refractivity contribution in [2.24, 2.45) is 0 Å². The molecular formula is C10H15NO2S2. The van der Waals surface area contributed by atoms with Crippen molar-refractivity contribution in [3.63, 3.8) is 0 Å². The molecule has 0 aliphatic rings. The van der Waals surface area contributed by atoms with Gasteiger partial charge in [-0.1, -0.05) is 0 Å². The first-order valence-electron chi connectivity index (χ1n) is 4.68. The van der Waals surface area contributed by atoms with Crippen LogP contribution in [0.5, 0.6) is 5.88 Å². The summed E-state index contributed by atoms with van der Waals surface area (Å²) in [5, 5.41) is 0. The SMILES string of the molecule is COCCOc1ccc(SCCS)cn1. The third-order valence-corrected chi connectivity index (χ3v) is 3.12. The smallest absolute Gasteiger partial charge is 0.213 e. The lowest BCUT2D eigenvalue weighted by Gasteiger charge is -2.04. The Bertz CT molecular complexity index is 267. The van der Waals surface area contributed by atoms with Crippen molar-refractivity contribution < 1.29 is 9.47 Å². The molecule has 5 heteroatoms. The van der Waals surface area contributed by atoms with Gasteiger partial charge in [-0.3, -0.25) is 0 Å². The zero-order valence-corrected chi connectivity index (χ0v) is 10.4. The molecule has 0 aliphatic carbocycles. The molecule has 0 spiro atoms. The Labute approximate surface area is 100.0 Å². The molecule has 1 heterocycles. The predicted octanol–water partition coefficient (Wildman–Crippen LogP) is 2.13. The Morgan fingerprint density at radius 1 is 1.40 bits per heavy atom. The van der Waals surface area contributed by atoms with Gasteiger partial charge in [-0.05, 0) is 11.8 Å². The number of hydrogen-bond donors (Lipinski definition) is 1. The van der Waals surface area contributed by atoms with Gasteiger partial charge in [0.2, 0.25) is 5.88 Å². The number of thiol groups is 1. The quantitative estimate of drug-likeness (QED) is 0.453. The molecule has 3 nitrogen and oxygen atoms in total. The highest BCUT2D eigenvalue weighted by Gasteiger charge is 1.97. The van der Waals surface area contributed by atoms with Crippen LogP contribution in [0.25, 0.3) is 0 Å². The maximum Gasteiger partial charge on any atom is 0.213 e. The molecule has 0 unspecified atom stereocenters. The monoisotopic (exact) mass is 245 g/mol. The molecule has 0 atom stereocenters. The molecule has 0 aliphatic heterocycles. The number of thioether (sulfide) groups is 1. The standard InChI is InChI=1S/C10H15NO2S2/c1-12-4-5-13-10-3-2-9(8-11-10)15-7-6-14/h2-3,8,14H,4-7H2,1H3. The van der Waals surface area contributed by atoms with Crippen LogP contribution in [0.1, 0.15) is 0 Å². The van der Waals surface area contributed by atoms with E-state index in [1.165, 1.54) is 0 Å². The van der Waals surface area contributed by atoms with Crippen LogP contribution in [0.15, 0.2) is 23.2 Å². The van der Waals surface area contributed by atoms with Gasteiger partial charge in [0.25, 0.3) is 0 Å². The van der Waals surface area contributed by atoms with Crippen LogP contribution in [0, 0.1) is 0 Å². The Morgan fingerprint density at radius 3 is 2.87 bits per heavy atom. The molecule has 0 N–H and O–H groups in total. The second kappa shape index (κ2) is 7.84. The van der Waals surface area contributed by atoms with Crippen molar-refractivity contribution in [3.8, 4) is 5.88 Å². The second-order valence-corrected chi connectivity index (χ2v) is 4.36. The van der Waals surface area contributed by atoms with Crippen LogP contribution in [0.2, 0.25) is 0 Å². The van der Waals surface area contributed by atoms with Gasteiger partial charge in [-0.2, -0.15) is 12.6 Å². The van der Waals surface area contributed by atoms with Crippen LogP contribution in [0.4, 0.5) is 0 Å². The minimum Gasteiger partial charge on any atom is -0.475 e. The average Bonchev–Trinajstić information content (AvgIpc) is 2.28. The topological polar surface area (TPSA) is 31.4 Å². The molecule has 84 valence electrons. The number of aromatic nitrogens is 1. The number of pyridine rings is 1.